The van der Waals surface area contributed by atoms with E-state index in [9.17, 15) is 4.79 Å². The van der Waals surface area contributed by atoms with Gasteiger partial charge in [0, 0.05) is 24.5 Å². The summed E-state index contributed by atoms with van der Waals surface area (Å²) < 4.78 is 0. The molecule has 0 saturated carbocycles. The van der Waals surface area contributed by atoms with Crippen molar-refractivity contribution in [2.45, 2.75) is 19.3 Å². The first-order valence-electron chi connectivity index (χ1n) is 10.7. The lowest BCUT2D eigenvalue weighted by Crippen LogP contribution is -3.15. The van der Waals surface area contributed by atoms with Gasteiger partial charge in [0.1, 0.15) is 0 Å². The van der Waals surface area contributed by atoms with Gasteiger partial charge in [0.25, 0.3) is 5.91 Å². The normalized spacial score (nSPS) is 18.0. The quantitative estimate of drug-likeness (QED) is 0.791. The van der Waals surface area contributed by atoms with E-state index in [1.54, 1.807) is 0 Å². The summed E-state index contributed by atoms with van der Waals surface area (Å²) in [5, 5.41) is 3.85. The monoisotopic (exact) mass is 413 g/mol. The van der Waals surface area contributed by atoms with E-state index in [0.717, 1.165) is 55.7 Å². The summed E-state index contributed by atoms with van der Waals surface area (Å²) in [6.45, 7) is 6.47. The molecular weight excluding hydrogens is 384 g/mol. The molecule has 2 heterocycles. The first-order valence-corrected chi connectivity index (χ1v) is 11.0. The number of halogens is 1. The van der Waals surface area contributed by atoms with Crippen molar-refractivity contribution in [3.05, 3.63) is 53.6 Å². The van der Waals surface area contributed by atoms with E-state index in [-0.39, 0.29) is 5.91 Å². The highest BCUT2D eigenvalue weighted by Crippen LogP contribution is 2.25. The summed E-state index contributed by atoms with van der Waals surface area (Å²) in [7, 11) is 0. The highest BCUT2D eigenvalue weighted by Gasteiger charge is 2.23. The smallest absolute Gasteiger partial charge is 0.279 e. The zero-order valence-corrected chi connectivity index (χ0v) is 17.6. The van der Waals surface area contributed by atoms with Crippen LogP contribution in [-0.4, -0.2) is 51.7 Å². The number of hydrogen-bond acceptors (Lipinski definition) is 3. The molecule has 0 radical (unpaired) electrons. The molecule has 4 rings (SSSR count). The average molecular weight is 414 g/mol. The molecule has 2 fully saturated rings. The molecule has 2 aliphatic heterocycles. The highest BCUT2D eigenvalue weighted by atomic mass is 35.5. The molecule has 0 spiro atoms. The van der Waals surface area contributed by atoms with Gasteiger partial charge in [0.05, 0.1) is 36.9 Å². The number of hydrogen-bond donors (Lipinski definition) is 2. The van der Waals surface area contributed by atoms with Gasteiger partial charge in [-0.05, 0) is 55.7 Å². The van der Waals surface area contributed by atoms with Gasteiger partial charge < -0.3 is 20.0 Å². The van der Waals surface area contributed by atoms with Crippen LogP contribution in [0.25, 0.3) is 0 Å². The Kier molecular flexibility index (Phi) is 6.57. The van der Waals surface area contributed by atoms with Gasteiger partial charge in [-0.15, -0.1) is 0 Å². The van der Waals surface area contributed by atoms with Crippen LogP contribution in [0.15, 0.2) is 48.5 Å². The number of carbonyl (C=O) groups excluding carboxylic acids is 1. The van der Waals surface area contributed by atoms with Gasteiger partial charge in [-0.2, -0.15) is 0 Å². The van der Waals surface area contributed by atoms with Crippen LogP contribution in [0.1, 0.15) is 19.3 Å². The molecule has 0 unspecified atom stereocenters. The molecule has 2 saturated heterocycles. The average Bonchev–Trinajstić information content (AvgIpc) is 2.76. The third kappa shape index (κ3) is 5.22. The number of piperidine rings is 1. The molecule has 2 aromatic carbocycles. The molecule has 0 atom stereocenters. The van der Waals surface area contributed by atoms with Crippen LogP contribution in [0, 0.1) is 0 Å². The summed E-state index contributed by atoms with van der Waals surface area (Å²) in [6.07, 6.45) is 3.87. The van der Waals surface area contributed by atoms with Crippen molar-refractivity contribution in [3.8, 4) is 0 Å². The number of nitrogens with one attached hydrogen (secondary N) is 2. The Labute approximate surface area is 178 Å². The van der Waals surface area contributed by atoms with Crippen molar-refractivity contribution in [2.75, 3.05) is 60.9 Å². The van der Waals surface area contributed by atoms with Gasteiger partial charge in [0.15, 0.2) is 6.54 Å². The maximum Gasteiger partial charge on any atom is 0.279 e. The van der Waals surface area contributed by atoms with Gasteiger partial charge in [-0.1, -0.05) is 23.7 Å². The second-order valence-electron chi connectivity index (χ2n) is 8.01. The van der Waals surface area contributed by atoms with E-state index >= 15 is 0 Å². The van der Waals surface area contributed by atoms with Gasteiger partial charge in [-0.25, -0.2) is 0 Å². The van der Waals surface area contributed by atoms with Crippen LogP contribution in [0.2, 0.25) is 5.02 Å². The minimum Gasteiger partial charge on any atom is -0.372 e. The largest absolute Gasteiger partial charge is 0.372 e. The van der Waals surface area contributed by atoms with Crippen molar-refractivity contribution in [3.63, 3.8) is 0 Å². The SMILES string of the molecule is O=C(C[NH+]1CCN(c2ccccc2Cl)CC1)Nc1ccc(N2CCCCC2)cc1. The van der Waals surface area contributed by atoms with E-state index < -0.39 is 0 Å². The third-order valence-corrected chi connectivity index (χ3v) is 6.27. The second-order valence-corrected chi connectivity index (χ2v) is 8.42. The Balaban J connectivity index is 1.24. The summed E-state index contributed by atoms with van der Waals surface area (Å²) in [5.74, 6) is 0.0805. The Morgan fingerprint density at radius 1 is 0.897 bits per heavy atom. The molecule has 0 bridgehead atoms. The number of amides is 1. The third-order valence-electron chi connectivity index (χ3n) is 5.95. The summed E-state index contributed by atoms with van der Waals surface area (Å²) in [4.78, 5) is 18.5. The number of benzene rings is 2. The van der Waals surface area contributed by atoms with E-state index in [1.807, 2.05) is 30.3 Å². The lowest BCUT2D eigenvalue weighted by molar-refractivity contribution is -0.892. The number of quaternary nitrogens is 1. The van der Waals surface area contributed by atoms with Crippen molar-refractivity contribution in [1.82, 2.24) is 0 Å². The topological polar surface area (TPSA) is 40.0 Å². The van der Waals surface area contributed by atoms with Crippen LogP contribution in [0.5, 0.6) is 0 Å². The first-order chi connectivity index (χ1) is 14.2. The number of piperazine rings is 1. The van der Waals surface area contributed by atoms with Crippen molar-refractivity contribution in [1.29, 1.82) is 0 Å². The first kappa shape index (κ1) is 20.0. The Morgan fingerprint density at radius 2 is 1.59 bits per heavy atom. The van der Waals surface area contributed by atoms with Crippen molar-refractivity contribution in [2.24, 2.45) is 0 Å². The molecule has 1 amide bonds. The fraction of sp³-hybridized carbons (Fsp3) is 0.435. The predicted molar refractivity (Wildman–Crippen MR) is 120 cm³/mol. The lowest BCUT2D eigenvalue weighted by Gasteiger charge is -2.33. The van der Waals surface area contributed by atoms with Crippen LogP contribution in [0.4, 0.5) is 17.1 Å². The Hall–Kier alpha value is -2.24. The molecular formula is C23H30ClN4O+. The Bertz CT molecular complexity index is 812. The molecule has 5 nitrogen and oxygen atoms in total. The molecule has 6 heteroatoms. The van der Waals surface area contributed by atoms with E-state index in [4.69, 9.17) is 11.6 Å². The molecule has 2 aromatic rings. The molecule has 29 heavy (non-hydrogen) atoms. The molecule has 2 N–H and O–H groups in total. The van der Waals surface area contributed by atoms with Crippen LogP contribution >= 0.6 is 11.6 Å². The fourth-order valence-corrected chi connectivity index (χ4v) is 4.54. The fourth-order valence-electron chi connectivity index (χ4n) is 4.29. The summed E-state index contributed by atoms with van der Waals surface area (Å²) in [5.41, 5.74) is 3.22. The van der Waals surface area contributed by atoms with Gasteiger partial charge >= 0.3 is 0 Å². The zero-order valence-electron chi connectivity index (χ0n) is 16.9. The van der Waals surface area contributed by atoms with Crippen molar-refractivity contribution >= 4 is 34.6 Å². The minimum atomic E-state index is 0.0805. The summed E-state index contributed by atoms with van der Waals surface area (Å²) >= 11 is 6.31. The highest BCUT2D eigenvalue weighted by molar-refractivity contribution is 6.33. The zero-order chi connectivity index (χ0) is 20.1. The lowest BCUT2D eigenvalue weighted by atomic mass is 10.1. The number of rotatable bonds is 5. The molecule has 154 valence electrons. The van der Waals surface area contributed by atoms with Crippen LogP contribution < -0.4 is 20.0 Å². The number of carbonyl (C=O) groups is 1. The maximum absolute atomic E-state index is 12.5. The molecule has 2 aliphatic rings. The second kappa shape index (κ2) is 9.51. The number of nitrogens with zero attached hydrogens (tertiary/aromatic N) is 2. The molecule has 0 aromatic heterocycles. The van der Waals surface area contributed by atoms with Gasteiger partial charge in [-0.3, -0.25) is 4.79 Å². The number of para-hydroxylation sites is 1. The maximum atomic E-state index is 12.5. The predicted octanol–water partition coefficient (Wildman–Crippen LogP) is 2.67. The number of anilines is 3. The van der Waals surface area contributed by atoms with E-state index in [2.05, 4.69) is 33.3 Å². The van der Waals surface area contributed by atoms with E-state index in [0.29, 0.717) is 6.54 Å². The summed E-state index contributed by atoms with van der Waals surface area (Å²) in [6, 6.07) is 16.3. The van der Waals surface area contributed by atoms with Crippen LogP contribution in [-0.2, 0) is 4.79 Å². The van der Waals surface area contributed by atoms with Crippen LogP contribution in [0.3, 0.4) is 0 Å². The van der Waals surface area contributed by atoms with Gasteiger partial charge in [0.2, 0.25) is 0 Å². The van der Waals surface area contributed by atoms with E-state index in [1.165, 1.54) is 29.8 Å². The standard InChI is InChI=1S/C23H29ClN4O/c24-21-6-2-3-7-22(21)28-16-14-26(15-17-28)18-23(29)25-19-8-10-20(11-9-19)27-12-4-1-5-13-27/h2-3,6-11H,1,4-5,12-18H2,(H,25,29)/p+1. The molecule has 0 aliphatic carbocycles. The van der Waals surface area contributed by atoms with Crippen molar-refractivity contribution < 1.29 is 9.69 Å². The Morgan fingerprint density at radius 3 is 2.28 bits per heavy atom. The minimum absolute atomic E-state index is 0.0805.